The summed E-state index contributed by atoms with van der Waals surface area (Å²) in [6.45, 7) is 5.34. The van der Waals surface area contributed by atoms with Gasteiger partial charge >= 0.3 is 0 Å². The number of aryl methyl sites for hydroxylation is 1. The zero-order chi connectivity index (χ0) is 27.9. The number of imidazole rings is 1. The lowest BCUT2D eigenvalue weighted by Gasteiger charge is -2.25. The first-order valence-corrected chi connectivity index (χ1v) is 13.7. The third-order valence-corrected chi connectivity index (χ3v) is 6.80. The van der Waals surface area contributed by atoms with Crippen molar-refractivity contribution in [3.8, 4) is 22.7 Å². The Hall–Kier alpha value is -4.43. The molecule has 0 unspecified atom stereocenters. The molecule has 1 aromatic heterocycles. The van der Waals surface area contributed by atoms with Gasteiger partial charge in [-0.25, -0.2) is 4.98 Å². The smallest absolute Gasteiger partial charge is 0.254 e. The van der Waals surface area contributed by atoms with Crippen molar-refractivity contribution < 1.29 is 19.1 Å². The highest BCUT2D eigenvalue weighted by molar-refractivity contribution is 5.99. The molecule has 1 aliphatic heterocycles. The average Bonchev–Trinajstić information content (AvgIpc) is 3.64. The van der Waals surface area contributed by atoms with Crippen LogP contribution in [0.2, 0.25) is 0 Å². The van der Waals surface area contributed by atoms with E-state index < -0.39 is 0 Å². The van der Waals surface area contributed by atoms with E-state index in [2.05, 4.69) is 5.32 Å². The molecule has 0 bridgehead atoms. The fourth-order valence-electron chi connectivity index (χ4n) is 4.77. The summed E-state index contributed by atoms with van der Waals surface area (Å²) >= 11 is 0. The minimum atomic E-state index is -0.342. The van der Waals surface area contributed by atoms with Gasteiger partial charge in [0, 0.05) is 36.5 Å². The lowest BCUT2D eigenvalue weighted by Crippen LogP contribution is -2.42. The summed E-state index contributed by atoms with van der Waals surface area (Å²) in [4.78, 5) is 33.2. The molecule has 0 spiro atoms. The molecule has 3 aromatic carbocycles. The van der Waals surface area contributed by atoms with E-state index in [0.29, 0.717) is 37.0 Å². The van der Waals surface area contributed by atoms with E-state index in [9.17, 15) is 9.59 Å². The predicted octanol–water partition coefficient (Wildman–Crippen LogP) is 5.51. The van der Waals surface area contributed by atoms with E-state index in [0.717, 1.165) is 35.4 Å². The van der Waals surface area contributed by atoms with Crippen LogP contribution in [0.4, 0.5) is 5.95 Å². The Kier molecular flexibility index (Phi) is 8.56. The van der Waals surface area contributed by atoms with Gasteiger partial charge in [0.2, 0.25) is 11.9 Å². The van der Waals surface area contributed by atoms with Gasteiger partial charge in [-0.3, -0.25) is 19.5 Å². The molecule has 5 rings (SSSR count). The number of hydrogen-bond donors (Lipinski definition) is 1. The predicted molar refractivity (Wildman–Crippen MR) is 155 cm³/mol. The molecule has 1 fully saturated rings. The van der Waals surface area contributed by atoms with Crippen molar-refractivity contribution in [3.63, 3.8) is 0 Å². The number of ether oxygens (including phenoxy) is 2. The van der Waals surface area contributed by atoms with Crippen LogP contribution in [-0.4, -0.2) is 58.7 Å². The Balaban J connectivity index is 1.42. The molecule has 0 aliphatic carbocycles. The van der Waals surface area contributed by atoms with Gasteiger partial charge in [-0.2, -0.15) is 0 Å². The van der Waals surface area contributed by atoms with Gasteiger partial charge in [-0.1, -0.05) is 54.1 Å². The van der Waals surface area contributed by atoms with Gasteiger partial charge in [0.25, 0.3) is 5.91 Å². The van der Waals surface area contributed by atoms with Crippen LogP contribution in [0.3, 0.4) is 0 Å². The number of rotatable bonds is 10. The molecule has 1 N–H and O–H groups in total. The standard InChI is InChI=1S/C32H34N4O4/c1-3-39-27-12-7-11-26(19-27)36-21-29(24-9-5-4-6-10-24)33-32(36)34-30(37)22-35(20-28-13-8-18-40-28)31(38)25-16-14-23(2)15-17-25/h4-7,9-12,14-17,19,21,28H,3,8,13,18,20,22H2,1-2H3,(H,33,34,37)/t28-/m1/s1. The number of benzene rings is 3. The number of carbonyl (C=O) groups is 2. The molecule has 2 amide bonds. The fourth-order valence-corrected chi connectivity index (χ4v) is 4.77. The third-order valence-electron chi connectivity index (χ3n) is 6.80. The van der Waals surface area contributed by atoms with Crippen LogP contribution in [0.5, 0.6) is 5.75 Å². The Labute approximate surface area is 234 Å². The number of amides is 2. The molecule has 206 valence electrons. The summed E-state index contributed by atoms with van der Waals surface area (Å²) in [5.41, 5.74) is 4.03. The molecule has 0 radical (unpaired) electrons. The maximum absolute atomic E-state index is 13.5. The highest BCUT2D eigenvalue weighted by Gasteiger charge is 2.26. The lowest BCUT2D eigenvalue weighted by molar-refractivity contribution is -0.117. The Morgan fingerprint density at radius 2 is 1.88 bits per heavy atom. The van der Waals surface area contributed by atoms with Crippen molar-refractivity contribution in [3.05, 3.63) is 96.2 Å². The summed E-state index contributed by atoms with van der Waals surface area (Å²) < 4.78 is 13.3. The molecule has 1 atom stereocenters. The minimum absolute atomic E-state index is 0.0878. The van der Waals surface area contributed by atoms with E-state index in [1.165, 1.54) is 0 Å². The van der Waals surface area contributed by atoms with E-state index in [-0.39, 0.29) is 24.5 Å². The second-order valence-corrected chi connectivity index (χ2v) is 9.85. The van der Waals surface area contributed by atoms with Gasteiger partial charge < -0.3 is 14.4 Å². The highest BCUT2D eigenvalue weighted by atomic mass is 16.5. The molecule has 2 heterocycles. The van der Waals surface area contributed by atoms with Crippen LogP contribution in [0.1, 0.15) is 35.7 Å². The van der Waals surface area contributed by atoms with Gasteiger partial charge in [-0.05, 0) is 51.0 Å². The number of anilines is 1. The number of nitrogens with zero attached hydrogens (tertiary/aromatic N) is 3. The lowest BCUT2D eigenvalue weighted by atomic mass is 10.1. The van der Waals surface area contributed by atoms with Crippen molar-refractivity contribution in [2.24, 2.45) is 0 Å². The molecule has 8 nitrogen and oxygen atoms in total. The second kappa shape index (κ2) is 12.6. The van der Waals surface area contributed by atoms with Crippen molar-refractivity contribution in [2.45, 2.75) is 32.8 Å². The molecule has 1 saturated heterocycles. The molecule has 4 aromatic rings. The quantitative estimate of drug-likeness (QED) is 0.288. The first-order valence-electron chi connectivity index (χ1n) is 13.7. The molecular formula is C32H34N4O4. The summed E-state index contributed by atoms with van der Waals surface area (Å²) in [6, 6.07) is 24.8. The normalized spacial score (nSPS) is 14.6. The molecule has 8 heteroatoms. The zero-order valence-electron chi connectivity index (χ0n) is 22.9. The number of carbonyl (C=O) groups excluding carboxylic acids is 2. The number of aromatic nitrogens is 2. The summed E-state index contributed by atoms with van der Waals surface area (Å²) in [5, 5.41) is 2.96. The van der Waals surface area contributed by atoms with E-state index >= 15 is 0 Å². The molecular weight excluding hydrogens is 504 g/mol. The van der Waals surface area contributed by atoms with Crippen molar-refractivity contribution in [2.75, 3.05) is 31.6 Å². The van der Waals surface area contributed by atoms with Gasteiger partial charge in [0.15, 0.2) is 0 Å². The maximum atomic E-state index is 13.5. The largest absolute Gasteiger partial charge is 0.494 e. The van der Waals surface area contributed by atoms with Crippen LogP contribution in [-0.2, 0) is 9.53 Å². The van der Waals surface area contributed by atoms with Crippen LogP contribution < -0.4 is 10.1 Å². The highest BCUT2D eigenvalue weighted by Crippen LogP contribution is 2.26. The van der Waals surface area contributed by atoms with Gasteiger partial charge in [0.1, 0.15) is 12.3 Å². The Bertz CT molecular complexity index is 1440. The van der Waals surface area contributed by atoms with Crippen molar-refractivity contribution in [1.82, 2.24) is 14.5 Å². The SMILES string of the molecule is CCOc1cccc(-n2cc(-c3ccccc3)nc2NC(=O)CN(C[C@H]2CCCO2)C(=O)c2ccc(C)cc2)c1. The zero-order valence-corrected chi connectivity index (χ0v) is 22.9. The van der Waals surface area contributed by atoms with Gasteiger partial charge in [0.05, 0.1) is 24.1 Å². The van der Waals surface area contributed by atoms with Crippen LogP contribution >= 0.6 is 0 Å². The van der Waals surface area contributed by atoms with Crippen LogP contribution in [0.25, 0.3) is 16.9 Å². The van der Waals surface area contributed by atoms with Crippen molar-refractivity contribution >= 4 is 17.8 Å². The number of hydrogen-bond acceptors (Lipinski definition) is 5. The average molecular weight is 539 g/mol. The van der Waals surface area contributed by atoms with E-state index in [1.54, 1.807) is 17.0 Å². The fraction of sp³-hybridized carbons (Fsp3) is 0.281. The number of nitrogens with one attached hydrogen (secondary N) is 1. The van der Waals surface area contributed by atoms with Crippen LogP contribution in [0.15, 0.2) is 85.1 Å². The Morgan fingerprint density at radius 3 is 2.60 bits per heavy atom. The Morgan fingerprint density at radius 1 is 1.07 bits per heavy atom. The maximum Gasteiger partial charge on any atom is 0.254 e. The molecule has 40 heavy (non-hydrogen) atoms. The molecule has 1 aliphatic rings. The first-order chi connectivity index (χ1) is 19.5. The van der Waals surface area contributed by atoms with Crippen molar-refractivity contribution in [1.29, 1.82) is 0 Å². The topological polar surface area (TPSA) is 85.7 Å². The summed E-state index contributed by atoms with van der Waals surface area (Å²) in [5.74, 6) is 0.533. The van der Waals surface area contributed by atoms with Crippen LogP contribution in [0, 0.1) is 6.92 Å². The first kappa shape index (κ1) is 27.1. The van der Waals surface area contributed by atoms with Gasteiger partial charge in [-0.15, -0.1) is 0 Å². The van der Waals surface area contributed by atoms with E-state index in [1.807, 2.05) is 91.3 Å². The summed E-state index contributed by atoms with van der Waals surface area (Å²) in [7, 11) is 0. The van der Waals surface area contributed by atoms with E-state index in [4.69, 9.17) is 14.5 Å². The minimum Gasteiger partial charge on any atom is -0.494 e. The monoisotopic (exact) mass is 538 g/mol. The second-order valence-electron chi connectivity index (χ2n) is 9.85. The summed E-state index contributed by atoms with van der Waals surface area (Å²) in [6.07, 6.45) is 3.61. The molecule has 0 saturated carbocycles. The third kappa shape index (κ3) is 6.58.